The van der Waals surface area contributed by atoms with Gasteiger partial charge in [0.25, 0.3) is 0 Å². The molecule has 21 heavy (non-hydrogen) atoms. The smallest absolute Gasteiger partial charge is 0.243 e. The van der Waals surface area contributed by atoms with Gasteiger partial charge >= 0.3 is 0 Å². The monoisotopic (exact) mass is 315 g/mol. The molecule has 7 heteroatoms. The molecule has 0 amide bonds. The van der Waals surface area contributed by atoms with Gasteiger partial charge in [-0.05, 0) is 32.9 Å². The fourth-order valence-electron chi connectivity index (χ4n) is 2.22. The van der Waals surface area contributed by atoms with E-state index in [2.05, 4.69) is 0 Å². The van der Waals surface area contributed by atoms with Crippen LogP contribution in [0.1, 0.15) is 20.8 Å². The highest BCUT2D eigenvalue weighted by Crippen LogP contribution is 2.33. The van der Waals surface area contributed by atoms with E-state index < -0.39 is 15.6 Å². The van der Waals surface area contributed by atoms with Crippen LogP contribution >= 0.6 is 0 Å². The molecular weight excluding hydrogens is 294 g/mol. The van der Waals surface area contributed by atoms with Gasteiger partial charge in [-0.1, -0.05) is 0 Å². The molecule has 0 aliphatic carbocycles. The van der Waals surface area contributed by atoms with Crippen LogP contribution < -0.4 is 9.47 Å². The first-order valence-electron chi connectivity index (χ1n) is 6.92. The van der Waals surface area contributed by atoms with E-state index in [9.17, 15) is 13.5 Å². The summed E-state index contributed by atoms with van der Waals surface area (Å²) in [5, 5.41) is 9.70. The molecule has 0 unspecified atom stereocenters. The van der Waals surface area contributed by atoms with Gasteiger partial charge in [0, 0.05) is 19.2 Å². The Kier molecular flexibility index (Phi) is 4.46. The summed E-state index contributed by atoms with van der Waals surface area (Å²) in [4.78, 5) is 0.143. The molecule has 0 radical (unpaired) electrons. The fourth-order valence-corrected chi connectivity index (χ4v) is 3.91. The van der Waals surface area contributed by atoms with Crippen LogP contribution in [0, 0.1) is 0 Å². The molecular formula is C14H21NO5S. The molecule has 0 spiro atoms. The lowest BCUT2D eigenvalue weighted by molar-refractivity contribution is -0.0426. The zero-order valence-electron chi connectivity index (χ0n) is 12.5. The minimum atomic E-state index is -3.61. The van der Waals surface area contributed by atoms with Crippen LogP contribution in [0.2, 0.25) is 0 Å². The van der Waals surface area contributed by atoms with E-state index in [1.807, 2.05) is 13.8 Å². The van der Waals surface area contributed by atoms with E-state index in [4.69, 9.17) is 9.47 Å². The first kappa shape index (κ1) is 16.1. The summed E-state index contributed by atoms with van der Waals surface area (Å²) >= 11 is 0. The average molecular weight is 315 g/mol. The van der Waals surface area contributed by atoms with Crippen molar-refractivity contribution >= 4 is 10.0 Å². The number of hydrogen-bond acceptors (Lipinski definition) is 5. The number of nitrogens with zero attached hydrogens (tertiary/aromatic N) is 1. The SMILES string of the molecule is CCOc1ccc(S(=O)(=O)N2CC(C)(O)C2)cc1OCC. The molecule has 2 rings (SSSR count). The van der Waals surface area contributed by atoms with Crippen molar-refractivity contribution in [2.24, 2.45) is 0 Å². The van der Waals surface area contributed by atoms with Gasteiger partial charge in [-0.2, -0.15) is 4.31 Å². The summed E-state index contributed by atoms with van der Waals surface area (Å²) in [5.74, 6) is 0.932. The summed E-state index contributed by atoms with van der Waals surface area (Å²) < 4.78 is 37.0. The van der Waals surface area contributed by atoms with Crippen molar-refractivity contribution in [3.63, 3.8) is 0 Å². The summed E-state index contributed by atoms with van der Waals surface area (Å²) in [6, 6.07) is 4.56. The van der Waals surface area contributed by atoms with E-state index in [0.29, 0.717) is 24.7 Å². The van der Waals surface area contributed by atoms with Gasteiger partial charge in [0.05, 0.1) is 23.7 Å². The predicted octanol–water partition coefficient (Wildman–Crippen LogP) is 1.24. The quantitative estimate of drug-likeness (QED) is 0.855. The fraction of sp³-hybridized carbons (Fsp3) is 0.571. The van der Waals surface area contributed by atoms with Gasteiger partial charge in [-0.15, -0.1) is 0 Å². The maximum absolute atomic E-state index is 12.4. The van der Waals surface area contributed by atoms with Crippen molar-refractivity contribution in [3.05, 3.63) is 18.2 Å². The highest BCUT2D eigenvalue weighted by molar-refractivity contribution is 7.89. The van der Waals surface area contributed by atoms with Crippen LogP contribution in [-0.2, 0) is 10.0 Å². The van der Waals surface area contributed by atoms with Crippen molar-refractivity contribution in [2.45, 2.75) is 31.3 Å². The maximum atomic E-state index is 12.4. The molecule has 1 fully saturated rings. The Morgan fingerprint density at radius 3 is 2.29 bits per heavy atom. The van der Waals surface area contributed by atoms with E-state index in [0.717, 1.165) is 0 Å². The predicted molar refractivity (Wildman–Crippen MR) is 78.2 cm³/mol. The van der Waals surface area contributed by atoms with E-state index in [-0.39, 0.29) is 18.0 Å². The third kappa shape index (κ3) is 3.30. The molecule has 1 aliphatic rings. The number of rotatable bonds is 6. The van der Waals surface area contributed by atoms with E-state index >= 15 is 0 Å². The van der Waals surface area contributed by atoms with Crippen LogP contribution in [0.5, 0.6) is 11.5 Å². The van der Waals surface area contributed by atoms with Crippen LogP contribution in [0.3, 0.4) is 0 Å². The summed E-state index contributed by atoms with van der Waals surface area (Å²) in [5.41, 5.74) is -0.943. The van der Waals surface area contributed by atoms with Crippen molar-refractivity contribution in [1.82, 2.24) is 4.31 Å². The second-order valence-electron chi connectivity index (χ2n) is 5.24. The molecule has 118 valence electrons. The molecule has 0 saturated carbocycles. The van der Waals surface area contributed by atoms with Crippen LogP contribution in [0.25, 0.3) is 0 Å². The highest BCUT2D eigenvalue weighted by atomic mass is 32.2. The summed E-state index contributed by atoms with van der Waals surface area (Å²) in [6.07, 6.45) is 0. The highest BCUT2D eigenvalue weighted by Gasteiger charge is 2.44. The van der Waals surface area contributed by atoms with Gasteiger partial charge in [0.15, 0.2) is 11.5 Å². The number of aliphatic hydroxyl groups is 1. The molecule has 0 aromatic heterocycles. The second kappa shape index (κ2) is 5.82. The third-order valence-electron chi connectivity index (χ3n) is 3.19. The first-order chi connectivity index (χ1) is 9.80. The third-order valence-corrected chi connectivity index (χ3v) is 4.97. The summed E-state index contributed by atoms with van der Waals surface area (Å²) in [6.45, 7) is 6.39. The average Bonchev–Trinajstić information content (AvgIpc) is 2.38. The molecule has 1 N–H and O–H groups in total. The van der Waals surface area contributed by atoms with Crippen LogP contribution in [-0.4, -0.2) is 49.7 Å². The van der Waals surface area contributed by atoms with Gasteiger partial charge in [0.1, 0.15) is 0 Å². The minimum absolute atomic E-state index is 0.104. The number of sulfonamides is 1. The Morgan fingerprint density at radius 2 is 1.76 bits per heavy atom. The zero-order chi connectivity index (χ0) is 15.7. The lowest BCUT2D eigenvalue weighted by Gasteiger charge is -2.42. The number of benzene rings is 1. The topological polar surface area (TPSA) is 76.1 Å². The maximum Gasteiger partial charge on any atom is 0.243 e. The van der Waals surface area contributed by atoms with Crippen LogP contribution in [0.4, 0.5) is 0 Å². The number of ether oxygens (including phenoxy) is 2. The Morgan fingerprint density at radius 1 is 1.19 bits per heavy atom. The van der Waals surface area contributed by atoms with E-state index in [1.165, 1.54) is 16.4 Å². The zero-order valence-corrected chi connectivity index (χ0v) is 13.3. The Hall–Kier alpha value is -1.31. The molecule has 1 heterocycles. The van der Waals surface area contributed by atoms with Gasteiger partial charge < -0.3 is 14.6 Å². The molecule has 1 aromatic rings. The van der Waals surface area contributed by atoms with Crippen molar-refractivity contribution in [3.8, 4) is 11.5 Å². The molecule has 6 nitrogen and oxygen atoms in total. The molecule has 0 atom stereocenters. The Bertz CT molecular complexity index is 604. The second-order valence-corrected chi connectivity index (χ2v) is 7.18. The lowest BCUT2D eigenvalue weighted by Crippen LogP contribution is -2.61. The van der Waals surface area contributed by atoms with E-state index in [1.54, 1.807) is 13.0 Å². The number of hydrogen-bond donors (Lipinski definition) is 1. The summed E-state index contributed by atoms with van der Waals surface area (Å²) in [7, 11) is -3.61. The molecule has 1 saturated heterocycles. The Labute approximate surface area is 125 Å². The molecule has 1 aliphatic heterocycles. The number of β-amino-alcohol motifs (C(OH)–C–C–N with tert-alkyl or cyclic N) is 1. The Balaban J connectivity index is 2.29. The van der Waals surface area contributed by atoms with Gasteiger partial charge in [-0.3, -0.25) is 0 Å². The normalized spacial score (nSPS) is 18.1. The largest absolute Gasteiger partial charge is 0.490 e. The molecule has 1 aromatic carbocycles. The van der Waals surface area contributed by atoms with Gasteiger partial charge in [0.2, 0.25) is 10.0 Å². The molecule has 0 bridgehead atoms. The van der Waals surface area contributed by atoms with Crippen molar-refractivity contribution in [1.29, 1.82) is 0 Å². The lowest BCUT2D eigenvalue weighted by atomic mass is 10.0. The van der Waals surface area contributed by atoms with Crippen LogP contribution in [0.15, 0.2) is 23.1 Å². The standard InChI is InChI=1S/C14H21NO5S/c1-4-19-12-7-6-11(8-13(12)20-5-2)21(17,18)15-9-14(3,16)10-15/h6-8,16H,4-5,9-10H2,1-3H3. The van der Waals surface area contributed by atoms with Crippen molar-refractivity contribution < 1.29 is 23.0 Å². The minimum Gasteiger partial charge on any atom is -0.490 e. The van der Waals surface area contributed by atoms with Gasteiger partial charge in [-0.25, -0.2) is 8.42 Å². The van der Waals surface area contributed by atoms with Crippen molar-refractivity contribution in [2.75, 3.05) is 26.3 Å². The first-order valence-corrected chi connectivity index (χ1v) is 8.36.